The molecule has 0 aromatic heterocycles. The van der Waals surface area contributed by atoms with E-state index in [0.717, 1.165) is 0 Å². The molecule has 2 N–H and O–H groups in total. The van der Waals surface area contributed by atoms with Gasteiger partial charge in [0, 0.05) is 0 Å². The first-order valence-corrected chi connectivity index (χ1v) is 3.18. The summed E-state index contributed by atoms with van der Waals surface area (Å²) in [5, 5.41) is 0. The van der Waals surface area contributed by atoms with Crippen molar-refractivity contribution in [3.8, 4) is 0 Å². The van der Waals surface area contributed by atoms with Gasteiger partial charge in [0.1, 0.15) is 5.92 Å². The lowest BCUT2D eigenvalue weighted by Gasteiger charge is -2.19. The molecule has 0 heterocycles. The minimum absolute atomic E-state index is 0.147. The third-order valence-electron chi connectivity index (χ3n) is 1.44. The quantitative estimate of drug-likeness (QED) is 0.672. The van der Waals surface area contributed by atoms with Crippen molar-refractivity contribution in [3.63, 3.8) is 0 Å². The topological polar surface area (TPSA) is 43.1 Å². The summed E-state index contributed by atoms with van der Waals surface area (Å²) < 4.78 is 36.4. The molecule has 66 valence electrons. The zero-order valence-electron chi connectivity index (χ0n) is 6.11. The van der Waals surface area contributed by atoms with Crippen LogP contribution in [0.5, 0.6) is 0 Å². The fourth-order valence-corrected chi connectivity index (χ4v) is 0.801. The van der Waals surface area contributed by atoms with Gasteiger partial charge in [-0.05, 0) is 6.42 Å². The molecule has 0 saturated carbocycles. The Hall–Kier alpha value is -0.740. The van der Waals surface area contributed by atoms with Crippen molar-refractivity contribution in [2.75, 3.05) is 6.67 Å². The van der Waals surface area contributed by atoms with Crippen molar-refractivity contribution in [1.29, 1.82) is 0 Å². The molecule has 0 bridgehead atoms. The second kappa shape index (κ2) is 3.59. The Morgan fingerprint density at radius 2 is 2.09 bits per heavy atom. The molecule has 2 nitrogen and oxygen atoms in total. The minimum atomic E-state index is -3.61. The summed E-state index contributed by atoms with van der Waals surface area (Å²) in [4.78, 5) is 10.3. The van der Waals surface area contributed by atoms with Gasteiger partial charge in [0.25, 0.3) is 5.92 Å². The van der Waals surface area contributed by atoms with Crippen LogP contribution in [0.15, 0.2) is 0 Å². The van der Waals surface area contributed by atoms with E-state index < -0.39 is 24.4 Å². The Bertz CT molecular complexity index is 149. The van der Waals surface area contributed by atoms with Crippen molar-refractivity contribution in [1.82, 2.24) is 0 Å². The first-order valence-electron chi connectivity index (χ1n) is 3.18. The van der Waals surface area contributed by atoms with E-state index in [1.54, 1.807) is 0 Å². The largest absolute Gasteiger partial charge is 0.369 e. The standard InChI is InChI=1S/C6H10F3NO/c1-2-4(5(10)11)6(8,9)3-7/h4H,2-3H2,1H3,(H2,10,11). The van der Waals surface area contributed by atoms with E-state index in [1.165, 1.54) is 6.92 Å². The highest BCUT2D eigenvalue weighted by molar-refractivity contribution is 5.77. The molecule has 1 atom stereocenters. The van der Waals surface area contributed by atoms with Crippen molar-refractivity contribution in [2.24, 2.45) is 11.7 Å². The second-order valence-corrected chi connectivity index (χ2v) is 2.26. The van der Waals surface area contributed by atoms with Crippen LogP contribution in [0, 0.1) is 5.92 Å². The minimum Gasteiger partial charge on any atom is -0.369 e. The summed E-state index contributed by atoms with van der Waals surface area (Å²) in [6.45, 7) is -0.479. The summed E-state index contributed by atoms with van der Waals surface area (Å²) in [6.07, 6.45) is -0.147. The molecule has 0 aromatic carbocycles. The third-order valence-corrected chi connectivity index (χ3v) is 1.44. The molecule has 0 rings (SSSR count). The Balaban J connectivity index is 4.36. The number of alkyl halides is 3. The number of hydrogen-bond acceptors (Lipinski definition) is 1. The van der Waals surface area contributed by atoms with E-state index in [4.69, 9.17) is 0 Å². The maximum atomic E-state index is 12.4. The molecule has 0 fully saturated rings. The van der Waals surface area contributed by atoms with E-state index in [0.29, 0.717) is 0 Å². The normalized spacial score (nSPS) is 14.5. The van der Waals surface area contributed by atoms with Crippen LogP contribution in [0.3, 0.4) is 0 Å². The van der Waals surface area contributed by atoms with Gasteiger partial charge in [0.15, 0.2) is 6.67 Å². The molecule has 0 aliphatic rings. The van der Waals surface area contributed by atoms with E-state index in [-0.39, 0.29) is 6.42 Å². The third kappa shape index (κ3) is 2.40. The predicted octanol–water partition coefficient (Wildman–Crippen LogP) is 1.10. The molecule has 0 spiro atoms. The van der Waals surface area contributed by atoms with E-state index >= 15 is 0 Å². The van der Waals surface area contributed by atoms with Gasteiger partial charge in [-0.3, -0.25) is 4.79 Å². The van der Waals surface area contributed by atoms with Crippen LogP contribution in [0.2, 0.25) is 0 Å². The van der Waals surface area contributed by atoms with Crippen molar-refractivity contribution < 1.29 is 18.0 Å². The Morgan fingerprint density at radius 1 is 1.64 bits per heavy atom. The SMILES string of the molecule is CCC(C(N)=O)C(F)(F)CF. The lowest BCUT2D eigenvalue weighted by Crippen LogP contribution is -2.39. The maximum Gasteiger partial charge on any atom is 0.287 e. The molecular weight excluding hydrogens is 159 g/mol. The highest BCUT2D eigenvalue weighted by atomic mass is 19.3. The first kappa shape index (κ1) is 10.3. The number of halogens is 3. The summed E-state index contributed by atoms with van der Waals surface area (Å²) >= 11 is 0. The second-order valence-electron chi connectivity index (χ2n) is 2.26. The summed E-state index contributed by atoms with van der Waals surface area (Å²) in [5.41, 5.74) is 4.62. The zero-order chi connectivity index (χ0) is 9.07. The molecule has 0 aliphatic heterocycles. The number of carbonyl (C=O) groups is 1. The number of amides is 1. The molecular formula is C6H10F3NO. The maximum absolute atomic E-state index is 12.4. The van der Waals surface area contributed by atoms with E-state index in [1.807, 2.05) is 0 Å². The molecule has 11 heavy (non-hydrogen) atoms. The van der Waals surface area contributed by atoms with Crippen LogP contribution in [0.25, 0.3) is 0 Å². The number of primary amides is 1. The number of rotatable bonds is 4. The lowest BCUT2D eigenvalue weighted by molar-refractivity contribution is -0.139. The highest BCUT2D eigenvalue weighted by Crippen LogP contribution is 2.27. The van der Waals surface area contributed by atoms with Crippen LogP contribution in [0.1, 0.15) is 13.3 Å². The van der Waals surface area contributed by atoms with Gasteiger partial charge in [-0.2, -0.15) is 0 Å². The number of hydrogen-bond donors (Lipinski definition) is 1. The summed E-state index contributed by atoms with van der Waals surface area (Å²) in [5.74, 6) is -6.46. The van der Waals surface area contributed by atoms with Crippen molar-refractivity contribution in [2.45, 2.75) is 19.3 Å². The average molecular weight is 169 g/mol. The van der Waals surface area contributed by atoms with Gasteiger partial charge < -0.3 is 5.73 Å². The fourth-order valence-electron chi connectivity index (χ4n) is 0.801. The number of nitrogens with two attached hydrogens (primary N) is 1. The van der Waals surface area contributed by atoms with Crippen LogP contribution >= 0.6 is 0 Å². The van der Waals surface area contributed by atoms with E-state index in [2.05, 4.69) is 5.73 Å². The molecule has 1 amide bonds. The van der Waals surface area contributed by atoms with Crippen LogP contribution < -0.4 is 5.73 Å². The lowest BCUT2D eigenvalue weighted by atomic mass is 9.99. The Kier molecular flexibility index (Phi) is 3.35. The summed E-state index contributed by atoms with van der Waals surface area (Å²) in [6, 6.07) is 0. The molecule has 1 unspecified atom stereocenters. The van der Waals surface area contributed by atoms with Gasteiger partial charge in [-0.1, -0.05) is 6.92 Å². The smallest absolute Gasteiger partial charge is 0.287 e. The van der Waals surface area contributed by atoms with Gasteiger partial charge in [-0.15, -0.1) is 0 Å². The van der Waals surface area contributed by atoms with Crippen LogP contribution in [-0.4, -0.2) is 18.5 Å². The van der Waals surface area contributed by atoms with Gasteiger partial charge in [-0.25, -0.2) is 13.2 Å². The van der Waals surface area contributed by atoms with Crippen LogP contribution in [-0.2, 0) is 4.79 Å². The van der Waals surface area contributed by atoms with Crippen LogP contribution in [0.4, 0.5) is 13.2 Å². The monoisotopic (exact) mass is 169 g/mol. The van der Waals surface area contributed by atoms with Gasteiger partial charge in [0.2, 0.25) is 5.91 Å². The van der Waals surface area contributed by atoms with Gasteiger partial charge >= 0.3 is 0 Å². The zero-order valence-corrected chi connectivity index (χ0v) is 6.11. The Labute approximate surface area is 62.6 Å². The Morgan fingerprint density at radius 3 is 2.18 bits per heavy atom. The first-order chi connectivity index (χ1) is 4.95. The fraction of sp³-hybridized carbons (Fsp3) is 0.833. The molecule has 0 radical (unpaired) electrons. The molecule has 0 aliphatic carbocycles. The average Bonchev–Trinajstić information content (AvgIpc) is 1.88. The van der Waals surface area contributed by atoms with Crippen molar-refractivity contribution in [3.05, 3.63) is 0 Å². The van der Waals surface area contributed by atoms with E-state index in [9.17, 15) is 18.0 Å². The predicted molar refractivity (Wildman–Crippen MR) is 33.9 cm³/mol. The van der Waals surface area contributed by atoms with Crippen molar-refractivity contribution >= 4 is 5.91 Å². The highest BCUT2D eigenvalue weighted by Gasteiger charge is 2.42. The van der Waals surface area contributed by atoms with Gasteiger partial charge in [0.05, 0.1) is 0 Å². The molecule has 0 aromatic rings. The molecule has 0 saturated heterocycles. The number of carbonyl (C=O) groups excluding carboxylic acids is 1. The molecule has 5 heteroatoms. The summed E-state index contributed by atoms with van der Waals surface area (Å²) in [7, 11) is 0.